The van der Waals surface area contributed by atoms with Gasteiger partial charge in [0.05, 0.1) is 0 Å². The Hall–Kier alpha value is -2.04. The maximum Gasteiger partial charge on any atom is 0.411 e. The van der Waals surface area contributed by atoms with Crippen LogP contribution in [0.2, 0.25) is 0 Å². The molecule has 5 nitrogen and oxygen atoms in total. The number of carbonyl (C=O) groups is 2. The molecule has 3 rings (SSSR count). The third-order valence-corrected chi connectivity index (χ3v) is 4.79. The molecule has 1 aliphatic heterocycles. The van der Waals surface area contributed by atoms with Crippen LogP contribution >= 0.6 is 0 Å². The summed E-state index contributed by atoms with van der Waals surface area (Å²) in [6.45, 7) is 0.180. The molecule has 3 atom stereocenters. The third-order valence-electron chi connectivity index (χ3n) is 4.79. The Bertz CT molecular complexity index is 545. The Kier molecular flexibility index (Phi) is 4.32. The summed E-state index contributed by atoms with van der Waals surface area (Å²) in [7, 11) is 0. The lowest BCUT2D eigenvalue weighted by atomic mass is 9.85. The lowest BCUT2D eigenvalue weighted by molar-refractivity contribution is -0.142. The quantitative estimate of drug-likeness (QED) is 0.932. The van der Waals surface area contributed by atoms with Crippen LogP contribution < -0.4 is 0 Å². The zero-order chi connectivity index (χ0) is 15.5. The number of likely N-dealkylation sites (tertiary alicyclic amines) is 1. The van der Waals surface area contributed by atoms with Crippen LogP contribution in [-0.4, -0.2) is 34.2 Å². The first-order valence-electron chi connectivity index (χ1n) is 7.88. The highest BCUT2D eigenvalue weighted by Gasteiger charge is 2.48. The first-order valence-corrected chi connectivity index (χ1v) is 7.88. The Morgan fingerprint density at radius 1 is 1.18 bits per heavy atom. The molecule has 0 unspecified atom stereocenters. The van der Waals surface area contributed by atoms with Gasteiger partial charge in [-0.05, 0) is 30.7 Å². The molecule has 5 heteroatoms. The van der Waals surface area contributed by atoms with Gasteiger partial charge in [0.2, 0.25) is 0 Å². The van der Waals surface area contributed by atoms with E-state index in [0.29, 0.717) is 12.3 Å². The number of carboxylic acid groups (broad SMARTS) is 1. The Morgan fingerprint density at radius 3 is 2.64 bits per heavy atom. The van der Waals surface area contributed by atoms with Crippen molar-refractivity contribution in [1.82, 2.24) is 4.90 Å². The van der Waals surface area contributed by atoms with Crippen LogP contribution in [0.25, 0.3) is 0 Å². The third kappa shape index (κ3) is 2.93. The summed E-state index contributed by atoms with van der Waals surface area (Å²) in [5, 5.41) is 9.42. The molecule has 1 aromatic rings. The number of aliphatic carboxylic acids is 1. The van der Waals surface area contributed by atoms with Crippen molar-refractivity contribution in [3.05, 3.63) is 35.9 Å². The smallest absolute Gasteiger partial charge is 0.411 e. The SMILES string of the molecule is O=C(O)[C@@H]1C[C@H]2CCCC[C@H]2N1C(=O)OCc1ccccc1. The molecule has 2 fully saturated rings. The van der Waals surface area contributed by atoms with Gasteiger partial charge in [-0.1, -0.05) is 43.2 Å². The van der Waals surface area contributed by atoms with E-state index in [2.05, 4.69) is 0 Å². The molecule has 1 amide bonds. The molecular formula is C17H21NO4. The summed E-state index contributed by atoms with van der Waals surface area (Å²) in [5.74, 6) is -0.620. The molecular weight excluding hydrogens is 282 g/mol. The minimum absolute atomic E-state index is 0.0260. The van der Waals surface area contributed by atoms with E-state index in [9.17, 15) is 14.7 Å². The average Bonchev–Trinajstić information content (AvgIpc) is 2.93. The molecule has 1 N–H and O–H groups in total. The second kappa shape index (κ2) is 6.38. The summed E-state index contributed by atoms with van der Waals surface area (Å²) < 4.78 is 5.37. The predicted molar refractivity (Wildman–Crippen MR) is 80.3 cm³/mol. The molecule has 118 valence electrons. The molecule has 22 heavy (non-hydrogen) atoms. The number of fused-ring (bicyclic) bond motifs is 1. The van der Waals surface area contributed by atoms with Crippen LogP contribution in [0.3, 0.4) is 0 Å². The number of hydrogen-bond acceptors (Lipinski definition) is 3. The number of carbonyl (C=O) groups excluding carboxylic acids is 1. The molecule has 0 bridgehead atoms. The fraction of sp³-hybridized carbons (Fsp3) is 0.529. The number of benzene rings is 1. The lowest BCUT2D eigenvalue weighted by Crippen LogP contribution is -2.46. The number of carboxylic acids is 1. The normalized spacial score (nSPS) is 27.3. The fourth-order valence-corrected chi connectivity index (χ4v) is 3.74. The highest BCUT2D eigenvalue weighted by molar-refractivity contribution is 5.81. The summed E-state index contributed by atoms with van der Waals surface area (Å²) in [6, 6.07) is 8.73. The van der Waals surface area contributed by atoms with Crippen molar-refractivity contribution in [3.63, 3.8) is 0 Å². The predicted octanol–water partition coefficient (Wildman–Crippen LogP) is 3.04. The van der Waals surface area contributed by atoms with Crippen molar-refractivity contribution in [3.8, 4) is 0 Å². The van der Waals surface area contributed by atoms with E-state index in [1.807, 2.05) is 30.3 Å². The standard InChI is InChI=1S/C17H21NO4/c19-16(20)15-10-13-8-4-5-9-14(13)18(15)17(21)22-11-12-6-2-1-3-7-12/h1-3,6-7,13-15H,4-5,8-11H2,(H,19,20)/t13-,14-,15+/m1/s1. The lowest BCUT2D eigenvalue weighted by Gasteiger charge is -2.32. The maximum absolute atomic E-state index is 12.4. The van der Waals surface area contributed by atoms with Crippen LogP contribution in [0.5, 0.6) is 0 Å². The molecule has 1 aromatic carbocycles. The molecule has 1 saturated heterocycles. The van der Waals surface area contributed by atoms with Crippen molar-refractivity contribution in [2.45, 2.75) is 50.8 Å². The Labute approximate surface area is 129 Å². The first-order chi connectivity index (χ1) is 10.7. The van der Waals surface area contributed by atoms with Crippen LogP contribution in [-0.2, 0) is 16.1 Å². The number of rotatable bonds is 3. The van der Waals surface area contributed by atoms with Crippen LogP contribution in [0, 0.1) is 5.92 Å². The van der Waals surface area contributed by atoms with Gasteiger partial charge in [0.15, 0.2) is 0 Å². The van der Waals surface area contributed by atoms with Gasteiger partial charge in [-0.25, -0.2) is 9.59 Å². The van der Waals surface area contributed by atoms with Gasteiger partial charge in [0.25, 0.3) is 0 Å². The van der Waals surface area contributed by atoms with E-state index >= 15 is 0 Å². The second-order valence-electron chi connectivity index (χ2n) is 6.15. The second-order valence-corrected chi connectivity index (χ2v) is 6.15. The number of ether oxygens (including phenoxy) is 1. The van der Waals surface area contributed by atoms with E-state index < -0.39 is 18.1 Å². The van der Waals surface area contributed by atoms with Crippen molar-refractivity contribution < 1.29 is 19.4 Å². The van der Waals surface area contributed by atoms with Gasteiger partial charge in [-0.15, -0.1) is 0 Å². The maximum atomic E-state index is 12.4. The van der Waals surface area contributed by atoms with Gasteiger partial charge in [0.1, 0.15) is 12.6 Å². The molecule has 1 saturated carbocycles. The molecule has 1 heterocycles. The highest BCUT2D eigenvalue weighted by atomic mass is 16.6. The number of nitrogens with zero attached hydrogens (tertiary/aromatic N) is 1. The largest absolute Gasteiger partial charge is 0.480 e. The van der Waals surface area contributed by atoms with Crippen molar-refractivity contribution in [1.29, 1.82) is 0 Å². The number of hydrogen-bond donors (Lipinski definition) is 1. The van der Waals surface area contributed by atoms with Gasteiger partial charge in [0, 0.05) is 6.04 Å². The van der Waals surface area contributed by atoms with Crippen LogP contribution in [0.15, 0.2) is 30.3 Å². The Balaban J connectivity index is 1.69. The monoisotopic (exact) mass is 303 g/mol. The van der Waals surface area contributed by atoms with Crippen LogP contribution in [0.4, 0.5) is 4.79 Å². The van der Waals surface area contributed by atoms with Gasteiger partial charge >= 0.3 is 12.1 Å². The van der Waals surface area contributed by atoms with E-state index in [4.69, 9.17) is 4.74 Å². The summed E-state index contributed by atoms with van der Waals surface area (Å²) in [4.78, 5) is 25.4. The van der Waals surface area contributed by atoms with Crippen molar-refractivity contribution in [2.75, 3.05) is 0 Å². The van der Waals surface area contributed by atoms with Crippen molar-refractivity contribution >= 4 is 12.1 Å². The van der Waals surface area contributed by atoms with Gasteiger partial charge in [-0.3, -0.25) is 4.90 Å². The minimum Gasteiger partial charge on any atom is -0.480 e. The molecule has 0 spiro atoms. The summed E-state index contributed by atoms with van der Waals surface area (Å²) in [5.41, 5.74) is 0.905. The fourth-order valence-electron chi connectivity index (χ4n) is 3.74. The molecule has 2 aliphatic rings. The number of amides is 1. The molecule has 0 radical (unpaired) electrons. The summed E-state index contributed by atoms with van der Waals surface area (Å²) >= 11 is 0. The van der Waals surface area contributed by atoms with Crippen LogP contribution in [0.1, 0.15) is 37.7 Å². The van der Waals surface area contributed by atoms with Crippen molar-refractivity contribution in [2.24, 2.45) is 5.92 Å². The van der Waals surface area contributed by atoms with E-state index in [1.165, 1.54) is 4.90 Å². The van der Waals surface area contributed by atoms with Gasteiger partial charge in [-0.2, -0.15) is 0 Å². The molecule has 0 aromatic heterocycles. The average molecular weight is 303 g/mol. The first kappa shape index (κ1) is 14.9. The molecule has 1 aliphatic carbocycles. The van der Waals surface area contributed by atoms with Gasteiger partial charge < -0.3 is 9.84 Å². The topological polar surface area (TPSA) is 66.8 Å². The van der Waals surface area contributed by atoms with E-state index in [0.717, 1.165) is 31.2 Å². The Morgan fingerprint density at radius 2 is 1.91 bits per heavy atom. The van der Waals surface area contributed by atoms with E-state index in [-0.39, 0.29) is 12.6 Å². The summed E-state index contributed by atoms with van der Waals surface area (Å²) in [6.07, 6.45) is 4.13. The highest BCUT2D eigenvalue weighted by Crippen LogP contribution is 2.40. The zero-order valence-corrected chi connectivity index (χ0v) is 12.5. The van der Waals surface area contributed by atoms with E-state index in [1.54, 1.807) is 0 Å². The minimum atomic E-state index is -0.925. The zero-order valence-electron chi connectivity index (χ0n) is 12.5.